The van der Waals surface area contributed by atoms with Crippen molar-refractivity contribution >= 4 is 11.8 Å². The average molecular weight is 262 g/mol. The van der Waals surface area contributed by atoms with Gasteiger partial charge in [0.1, 0.15) is 5.82 Å². The van der Waals surface area contributed by atoms with Gasteiger partial charge in [-0.3, -0.25) is 0 Å². The molecule has 106 valence electrons. The van der Waals surface area contributed by atoms with Gasteiger partial charge in [-0.2, -0.15) is 4.98 Å². The second kappa shape index (κ2) is 6.22. The number of rotatable bonds is 4. The Bertz CT molecular complexity index is 417. The molecule has 1 aliphatic heterocycles. The molecule has 0 amide bonds. The van der Waals surface area contributed by atoms with Crippen LogP contribution in [0.5, 0.6) is 0 Å². The fourth-order valence-electron chi connectivity index (χ4n) is 2.74. The quantitative estimate of drug-likeness (QED) is 0.903. The molecule has 4 nitrogen and oxygen atoms in total. The zero-order valence-corrected chi connectivity index (χ0v) is 12.6. The van der Waals surface area contributed by atoms with E-state index >= 15 is 0 Å². The maximum Gasteiger partial charge on any atom is 0.227 e. The number of hydrogen-bond acceptors (Lipinski definition) is 4. The molecule has 1 unspecified atom stereocenters. The Kier molecular flexibility index (Phi) is 4.61. The number of anilines is 2. The van der Waals surface area contributed by atoms with Crippen molar-refractivity contribution in [3.05, 3.63) is 11.8 Å². The lowest BCUT2D eigenvalue weighted by atomic mass is 10.0. The predicted octanol–water partition coefficient (Wildman–Crippen LogP) is 3.37. The van der Waals surface area contributed by atoms with E-state index in [1.54, 1.807) is 0 Å². The van der Waals surface area contributed by atoms with Crippen molar-refractivity contribution in [1.82, 2.24) is 9.97 Å². The van der Waals surface area contributed by atoms with E-state index < -0.39 is 0 Å². The number of nitrogens with one attached hydrogen (secondary N) is 1. The van der Waals surface area contributed by atoms with Gasteiger partial charge in [-0.25, -0.2) is 4.98 Å². The van der Waals surface area contributed by atoms with Crippen molar-refractivity contribution in [3.63, 3.8) is 0 Å². The number of hydrogen-bond donors (Lipinski definition) is 1. The van der Waals surface area contributed by atoms with Crippen molar-refractivity contribution in [2.75, 3.05) is 16.8 Å². The van der Waals surface area contributed by atoms with Gasteiger partial charge in [0, 0.05) is 30.4 Å². The van der Waals surface area contributed by atoms with Crippen molar-refractivity contribution in [2.24, 2.45) is 0 Å². The van der Waals surface area contributed by atoms with Gasteiger partial charge in [-0.1, -0.05) is 6.92 Å². The molecule has 1 aromatic heterocycles. The lowest BCUT2D eigenvalue weighted by molar-refractivity contribution is 0.443. The van der Waals surface area contributed by atoms with E-state index in [2.05, 4.69) is 36.0 Å². The van der Waals surface area contributed by atoms with Gasteiger partial charge in [0.05, 0.1) is 0 Å². The summed E-state index contributed by atoms with van der Waals surface area (Å²) in [4.78, 5) is 11.7. The molecule has 1 aliphatic rings. The standard InChI is InChI=1S/C15H26N4/c1-5-13-8-6-7-9-19(13)15-17-12(4)10-14(18-15)16-11(2)3/h10-11,13H,5-9H2,1-4H3,(H,16,17,18). The third-order valence-electron chi connectivity index (χ3n) is 3.63. The zero-order valence-electron chi connectivity index (χ0n) is 12.6. The highest BCUT2D eigenvalue weighted by atomic mass is 15.3. The summed E-state index contributed by atoms with van der Waals surface area (Å²) in [5.41, 5.74) is 1.04. The summed E-state index contributed by atoms with van der Waals surface area (Å²) in [6.07, 6.45) is 5.02. The van der Waals surface area contributed by atoms with E-state index in [-0.39, 0.29) is 0 Å². The summed E-state index contributed by atoms with van der Waals surface area (Å²) in [5, 5.41) is 3.38. The minimum atomic E-state index is 0.394. The van der Waals surface area contributed by atoms with Crippen LogP contribution >= 0.6 is 0 Å². The molecule has 19 heavy (non-hydrogen) atoms. The van der Waals surface area contributed by atoms with Crippen molar-refractivity contribution < 1.29 is 0 Å². The highest BCUT2D eigenvalue weighted by Crippen LogP contribution is 2.25. The van der Waals surface area contributed by atoms with Gasteiger partial charge in [-0.05, 0) is 46.5 Å². The van der Waals surface area contributed by atoms with Crippen LogP contribution in [0, 0.1) is 6.92 Å². The Morgan fingerprint density at radius 1 is 1.37 bits per heavy atom. The molecule has 0 aliphatic carbocycles. The van der Waals surface area contributed by atoms with Crippen molar-refractivity contribution in [2.45, 2.75) is 65.5 Å². The Morgan fingerprint density at radius 2 is 2.16 bits per heavy atom. The first kappa shape index (κ1) is 14.1. The summed E-state index contributed by atoms with van der Waals surface area (Å²) < 4.78 is 0. The highest BCUT2D eigenvalue weighted by molar-refractivity contribution is 5.45. The zero-order chi connectivity index (χ0) is 13.8. The Labute approximate surface area is 116 Å². The van der Waals surface area contributed by atoms with E-state index in [1.807, 2.05) is 13.0 Å². The largest absolute Gasteiger partial charge is 0.368 e. The molecule has 2 heterocycles. The fourth-order valence-corrected chi connectivity index (χ4v) is 2.74. The highest BCUT2D eigenvalue weighted by Gasteiger charge is 2.23. The van der Waals surface area contributed by atoms with Crippen molar-refractivity contribution in [3.8, 4) is 0 Å². The van der Waals surface area contributed by atoms with Crippen LogP contribution in [0.2, 0.25) is 0 Å². The SMILES string of the molecule is CCC1CCCCN1c1nc(C)cc(NC(C)C)n1. The van der Waals surface area contributed by atoms with Gasteiger partial charge >= 0.3 is 0 Å². The molecule has 0 bridgehead atoms. The second-order valence-electron chi connectivity index (χ2n) is 5.74. The van der Waals surface area contributed by atoms with E-state index in [0.717, 1.165) is 24.0 Å². The van der Waals surface area contributed by atoms with E-state index in [0.29, 0.717) is 12.1 Å². The maximum absolute atomic E-state index is 4.70. The molecule has 1 N–H and O–H groups in total. The number of piperidine rings is 1. The molecule has 0 radical (unpaired) electrons. The molecule has 2 rings (SSSR count). The van der Waals surface area contributed by atoms with Crippen LogP contribution in [0.4, 0.5) is 11.8 Å². The lowest BCUT2D eigenvalue weighted by Crippen LogP contribution is -2.40. The van der Waals surface area contributed by atoms with E-state index in [4.69, 9.17) is 4.98 Å². The summed E-state index contributed by atoms with van der Waals surface area (Å²) in [6.45, 7) is 9.65. The van der Waals surface area contributed by atoms with Crippen LogP contribution in [-0.2, 0) is 0 Å². The summed E-state index contributed by atoms with van der Waals surface area (Å²) in [5.74, 6) is 1.84. The first-order valence-electron chi connectivity index (χ1n) is 7.49. The van der Waals surface area contributed by atoms with Gasteiger partial charge in [-0.15, -0.1) is 0 Å². The van der Waals surface area contributed by atoms with Crippen LogP contribution in [0.15, 0.2) is 6.07 Å². The van der Waals surface area contributed by atoms with Gasteiger partial charge in [0.15, 0.2) is 0 Å². The molecule has 0 saturated carbocycles. The van der Waals surface area contributed by atoms with E-state index in [9.17, 15) is 0 Å². The van der Waals surface area contributed by atoms with Crippen LogP contribution < -0.4 is 10.2 Å². The van der Waals surface area contributed by atoms with Gasteiger partial charge in [0.25, 0.3) is 0 Å². The molecule has 1 saturated heterocycles. The van der Waals surface area contributed by atoms with Gasteiger partial charge < -0.3 is 10.2 Å². The predicted molar refractivity (Wildman–Crippen MR) is 80.8 cm³/mol. The monoisotopic (exact) mass is 262 g/mol. The Morgan fingerprint density at radius 3 is 2.84 bits per heavy atom. The lowest BCUT2D eigenvalue weighted by Gasteiger charge is -2.35. The number of aryl methyl sites for hydroxylation is 1. The molecule has 0 spiro atoms. The number of nitrogens with zero attached hydrogens (tertiary/aromatic N) is 3. The third-order valence-corrected chi connectivity index (χ3v) is 3.63. The Balaban J connectivity index is 2.24. The first-order chi connectivity index (χ1) is 9.10. The second-order valence-corrected chi connectivity index (χ2v) is 5.74. The summed E-state index contributed by atoms with van der Waals surface area (Å²) in [7, 11) is 0. The molecule has 1 aromatic rings. The van der Waals surface area contributed by atoms with Gasteiger partial charge in [0.2, 0.25) is 5.95 Å². The smallest absolute Gasteiger partial charge is 0.227 e. The minimum Gasteiger partial charge on any atom is -0.368 e. The normalized spacial score (nSPS) is 19.8. The Hall–Kier alpha value is -1.32. The average Bonchev–Trinajstić information content (AvgIpc) is 2.37. The summed E-state index contributed by atoms with van der Waals surface area (Å²) >= 11 is 0. The molecule has 1 fully saturated rings. The molecular weight excluding hydrogens is 236 g/mol. The van der Waals surface area contributed by atoms with Crippen LogP contribution in [0.1, 0.15) is 52.1 Å². The van der Waals surface area contributed by atoms with Crippen molar-refractivity contribution in [1.29, 1.82) is 0 Å². The van der Waals surface area contributed by atoms with E-state index in [1.165, 1.54) is 25.7 Å². The molecule has 0 aromatic carbocycles. The minimum absolute atomic E-state index is 0.394. The number of aromatic nitrogens is 2. The maximum atomic E-state index is 4.70. The topological polar surface area (TPSA) is 41.1 Å². The van der Waals surface area contributed by atoms with Crippen LogP contribution in [-0.4, -0.2) is 28.6 Å². The van der Waals surface area contributed by atoms with Crippen LogP contribution in [0.3, 0.4) is 0 Å². The van der Waals surface area contributed by atoms with Crippen LogP contribution in [0.25, 0.3) is 0 Å². The molecule has 1 atom stereocenters. The first-order valence-corrected chi connectivity index (χ1v) is 7.49. The molecule has 4 heteroatoms. The summed E-state index contributed by atoms with van der Waals surface area (Å²) in [6, 6.07) is 3.02. The fraction of sp³-hybridized carbons (Fsp3) is 0.733. The molecular formula is C15H26N4. The third kappa shape index (κ3) is 3.58.